The molecule has 0 aliphatic heterocycles. The Hall–Kier alpha value is -1.35. The first-order chi connectivity index (χ1) is 5.70. The Labute approximate surface area is 71.7 Å². The van der Waals surface area contributed by atoms with Crippen LogP contribution in [0.15, 0.2) is 30.3 Å². The Bertz CT molecular complexity index is 258. The predicted molar refractivity (Wildman–Crippen MR) is 47.2 cm³/mol. The van der Waals surface area contributed by atoms with Crippen LogP contribution in [0.3, 0.4) is 0 Å². The van der Waals surface area contributed by atoms with Crippen molar-refractivity contribution in [2.75, 3.05) is 0 Å². The fourth-order valence-corrected chi connectivity index (χ4v) is 0.875. The average Bonchev–Trinajstić information content (AvgIpc) is 2.06. The molecule has 1 rings (SSSR count). The molecule has 0 heterocycles. The van der Waals surface area contributed by atoms with E-state index >= 15 is 0 Å². The van der Waals surface area contributed by atoms with Gasteiger partial charge in [0.15, 0.2) is 0 Å². The minimum atomic E-state index is 0.152. The zero-order valence-corrected chi connectivity index (χ0v) is 6.99. The molecule has 3 nitrogen and oxygen atoms in total. The van der Waals surface area contributed by atoms with E-state index in [4.69, 9.17) is 5.41 Å². The molecular formula is C9H12N2O. The number of rotatable bonds is 2. The third kappa shape index (κ3) is 2.36. The van der Waals surface area contributed by atoms with E-state index in [9.17, 15) is 5.21 Å². The predicted octanol–water partition coefficient (Wildman–Crippen LogP) is 1.87. The maximum Gasteiger partial charge on any atom is 0.118 e. The summed E-state index contributed by atoms with van der Waals surface area (Å²) in [6.07, 6.45) is 0. The van der Waals surface area contributed by atoms with Crippen LogP contribution >= 0.6 is 0 Å². The summed E-state index contributed by atoms with van der Waals surface area (Å²) in [6, 6.07) is 9.55. The smallest absolute Gasteiger partial charge is 0.118 e. The molecule has 0 aliphatic rings. The van der Waals surface area contributed by atoms with Crippen molar-refractivity contribution in [1.82, 2.24) is 5.06 Å². The first-order valence-electron chi connectivity index (χ1n) is 3.75. The topological polar surface area (TPSA) is 47.3 Å². The van der Waals surface area contributed by atoms with Crippen molar-refractivity contribution >= 4 is 5.84 Å². The lowest BCUT2D eigenvalue weighted by atomic mass is 10.2. The molecule has 0 saturated heterocycles. The lowest BCUT2D eigenvalue weighted by molar-refractivity contribution is -0.0244. The minimum absolute atomic E-state index is 0.152. The van der Waals surface area contributed by atoms with Crippen molar-refractivity contribution in [2.24, 2.45) is 0 Å². The Morgan fingerprint density at radius 2 is 2.00 bits per heavy atom. The summed E-state index contributed by atoms with van der Waals surface area (Å²) in [5, 5.41) is 17.2. The fourth-order valence-electron chi connectivity index (χ4n) is 0.875. The molecule has 0 aliphatic carbocycles. The summed E-state index contributed by atoms with van der Waals surface area (Å²) < 4.78 is 0. The van der Waals surface area contributed by atoms with Crippen molar-refractivity contribution in [1.29, 1.82) is 5.41 Å². The normalized spacial score (nSPS) is 9.50. The molecule has 0 spiro atoms. The second kappa shape index (κ2) is 3.88. The number of hydrogen-bond acceptors (Lipinski definition) is 2. The molecule has 0 atom stereocenters. The molecule has 0 bridgehead atoms. The van der Waals surface area contributed by atoms with E-state index in [0.29, 0.717) is 6.54 Å². The molecule has 64 valence electrons. The van der Waals surface area contributed by atoms with Gasteiger partial charge in [0, 0.05) is 0 Å². The van der Waals surface area contributed by atoms with Gasteiger partial charge in [-0.3, -0.25) is 10.6 Å². The van der Waals surface area contributed by atoms with E-state index in [1.54, 1.807) is 6.92 Å². The largest absolute Gasteiger partial charge is 0.287 e. The van der Waals surface area contributed by atoms with Crippen LogP contribution in [0.5, 0.6) is 0 Å². The third-order valence-electron chi connectivity index (χ3n) is 1.56. The molecule has 1 aromatic carbocycles. The molecule has 3 heteroatoms. The molecule has 0 radical (unpaired) electrons. The summed E-state index contributed by atoms with van der Waals surface area (Å²) in [6.45, 7) is 1.92. The molecular weight excluding hydrogens is 152 g/mol. The lowest BCUT2D eigenvalue weighted by Crippen LogP contribution is -2.23. The lowest BCUT2D eigenvalue weighted by Gasteiger charge is -2.14. The molecule has 0 aromatic heterocycles. The van der Waals surface area contributed by atoms with Gasteiger partial charge < -0.3 is 0 Å². The number of nitrogens with zero attached hydrogens (tertiary/aromatic N) is 1. The Morgan fingerprint density at radius 3 is 2.50 bits per heavy atom. The van der Waals surface area contributed by atoms with Gasteiger partial charge in [0.05, 0.1) is 6.54 Å². The minimum Gasteiger partial charge on any atom is -0.287 e. The zero-order valence-electron chi connectivity index (χ0n) is 6.99. The van der Waals surface area contributed by atoms with Crippen LogP contribution in [-0.2, 0) is 6.54 Å². The number of nitrogens with one attached hydrogen (secondary N) is 1. The summed E-state index contributed by atoms with van der Waals surface area (Å²) in [5.41, 5.74) is 0.992. The number of benzene rings is 1. The summed E-state index contributed by atoms with van der Waals surface area (Å²) in [4.78, 5) is 0. The van der Waals surface area contributed by atoms with Crippen molar-refractivity contribution in [3.63, 3.8) is 0 Å². The van der Waals surface area contributed by atoms with Crippen LogP contribution in [0.4, 0.5) is 0 Å². The molecule has 1 aromatic rings. The van der Waals surface area contributed by atoms with Crippen molar-refractivity contribution in [2.45, 2.75) is 13.5 Å². The average molecular weight is 164 g/mol. The molecule has 12 heavy (non-hydrogen) atoms. The van der Waals surface area contributed by atoms with Gasteiger partial charge in [-0.05, 0) is 12.5 Å². The van der Waals surface area contributed by atoms with Crippen LogP contribution < -0.4 is 0 Å². The third-order valence-corrected chi connectivity index (χ3v) is 1.56. The Kier molecular flexibility index (Phi) is 2.82. The Balaban J connectivity index is 2.58. The first kappa shape index (κ1) is 8.74. The highest BCUT2D eigenvalue weighted by Gasteiger charge is 2.00. The highest BCUT2D eigenvalue weighted by molar-refractivity contribution is 5.74. The summed E-state index contributed by atoms with van der Waals surface area (Å²) in [7, 11) is 0. The quantitative estimate of drug-likeness (QED) is 0.398. The number of hydroxylamine groups is 2. The van der Waals surface area contributed by atoms with E-state index in [1.165, 1.54) is 0 Å². The standard InChI is InChI=1S/C9H12N2O/c1-8(10)11(12)7-9-5-3-2-4-6-9/h2-6,10,12H,7H2,1H3. The summed E-state index contributed by atoms with van der Waals surface area (Å²) >= 11 is 0. The van der Waals surface area contributed by atoms with Crippen molar-refractivity contribution in [3.05, 3.63) is 35.9 Å². The molecule has 2 N–H and O–H groups in total. The van der Waals surface area contributed by atoms with Gasteiger partial charge in [0.1, 0.15) is 5.84 Å². The molecule has 0 unspecified atom stereocenters. The number of hydrogen-bond donors (Lipinski definition) is 2. The maximum absolute atomic E-state index is 9.19. The Morgan fingerprint density at radius 1 is 1.42 bits per heavy atom. The fraction of sp³-hybridized carbons (Fsp3) is 0.222. The maximum atomic E-state index is 9.19. The summed E-state index contributed by atoms with van der Waals surface area (Å²) in [5.74, 6) is 0.152. The van der Waals surface area contributed by atoms with Gasteiger partial charge in [0.25, 0.3) is 0 Å². The van der Waals surface area contributed by atoms with Gasteiger partial charge in [-0.1, -0.05) is 30.3 Å². The van der Waals surface area contributed by atoms with Crippen molar-refractivity contribution < 1.29 is 5.21 Å². The zero-order chi connectivity index (χ0) is 8.97. The second-order valence-corrected chi connectivity index (χ2v) is 2.63. The van der Waals surface area contributed by atoms with Crippen LogP contribution in [0.25, 0.3) is 0 Å². The SMILES string of the molecule is CC(=N)N(O)Cc1ccccc1. The van der Waals surface area contributed by atoms with Gasteiger partial charge >= 0.3 is 0 Å². The van der Waals surface area contributed by atoms with Gasteiger partial charge in [-0.15, -0.1) is 0 Å². The second-order valence-electron chi connectivity index (χ2n) is 2.63. The number of amidine groups is 1. The first-order valence-corrected chi connectivity index (χ1v) is 3.75. The van der Waals surface area contributed by atoms with Crippen LogP contribution in [0.2, 0.25) is 0 Å². The highest BCUT2D eigenvalue weighted by atomic mass is 16.5. The van der Waals surface area contributed by atoms with Gasteiger partial charge in [-0.25, -0.2) is 5.06 Å². The van der Waals surface area contributed by atoms with E-state index in [-0.39, 0.29) is 5.84 Å². The highest BCUT2D eigenvalue weighted by Crippen LogP contribution is 2.01. The van der Waals surface area contributed by atoms with E-state index in [0.717, 1.165) is 10.6 Å². The van der Waals surface area contributed by atoms with Gasteiger partial charge in [-0.2, -0.15) is 0 Å². The molecule has 0 amide bonds. The van der Waals surface area contributed by atoms with Crippen LogP contribution in [0, 0.1) is 5.41 Å². The van der Waals surface area contributed by atoms with E-state index in [1.807, 2.05) is 30.3 Å². The van der Waals surface area contributed by atoms with E-state index < -0.39 is 0 Å². The monoisotopic (exact) mass is 164 g/mol. The molecule has 0 fully saturated rings. The van der Waals surface area contributed by atoms with Crippen molar-refractivity contribution in [3.8, 4) is 0 Å². The van der Waals surface area contributed by atoms with Gasteiger partial charge in [0.2, 0.25) is 0 Å². The van der Waals surface area contributed by atoms with Crippen LogP contribution in [-0.4, -0.2) is 16.1 Å². The molecule has 0 saturated carbocycles. The van der Waals surface area contributed by atoms with Crippen LogP contribution in [0.1, 0.15) is 12.5 Å². The van der Waals surface area contributed by atoms with E-state index in [2.05, 4.69) is 0 Å².